The van der Waals surface area contributed by atoms with Gasteiger partial charge in [0.1, 0.15) is 17.3 Å². The highest BCUT2D eigenvalue weighted by Crippen LogP contribution is 2.33. The van der Waals surface area contributed by atoms with E-state index in [1.165, 1.54) is 25.1 Å². The van der Waals surface area contributed by atoms with Crippen molar-refractivity contribution < 1.29 is 42.0 Å². The lowest BCUT2D eigenvalue weighted by Gasteiger charge is -2.31. The lowest BCUT2D eigenvalue weighted by Crippen LogP contribution is -2.47. The van der Waals surface area contributed by atoms with Crippen LogP contribution in [0.3, 0.4) is 0 Å². The molecule has 0 aliphatic heterocycles. The zero-order valence-corrected chi connectivity index (χ0v) is 26.3. The van der Waals surface area contributed by atoms with Crippen LogP contribution < -0.4 is 16.4 Å². The van der Waals surface area contributed by atoms with Gasteiger partial charge in [0, 0.05) is 29.3 Å². The van der Waals surface area contributed by atoms with E-state index >= 15 is 0 Å². The summed E-state index contributed by atoms with van der Waals surface area (Å²) in [7, 11) is -3.67. The molecule has 1 atom stereocenters. The van der Waals surface area contributed by atoms with Gasteiger partial charge in [-0.25, -0.2) is 4.79 Å². The fraction of sp³-hybridized carbons (Fsp3) is 0.276. The molecule has 0 fully saturated rings. The van der Waals surface area contributed by atoms with Crippen molar-refractivity contribution in [2.75, 3.05) is 18.2 Å². The molecule has 7 N–H and O–H groups in total. The molecule has 0 aliphatic carbocycles. The van der Waals surface area contributed by atoms with Crippen molar-refractivity contribution in [2.45, 2.75) is 33.7 Å². The van der Waals surface area contributed by atoms with Crippen LogP contribution in [-0.4, -0.2) is 66.6 Å². The molecule has 0 bridgehead atoms. The molecule has 0 saturated heterocycles. The van der Waals surface area contributed by atoms with Gasteiger partial charge in [-0.15, -0.1) is 11.3 Å². The number of amidine groups is 1. The average molecular weight is 647 g/mol. The molecule has 13 nitrogen and oxygen atoms in total. The van der Waals surface area contributed by atoms with E-state index in [-0.39, 0.29) is 29.1 Å². The van der Waals surface area contributed by atoms with Gasteiger partial charge in [0.2, 0.25) is 0 Å². The van der Waals surface area contributed by atoms with E-state index in [0.29, 0.717) is 27.9 Å². The third-order valence-electron chi connectivity index (χ3n) is 5.93. The van der Waals surface area contributed by atoms with Crippen LogP contribution in [0.5, 0.6) is 0 Å². The molecule has 3 aromatic rings. The highest BCUT2D eigenvalue weighted by atomic mass is 32.2. The number of anilines is 1. The molecular weight excluding hydrogens is 612 g/mol. The monoisotopic (exact) mass is 646 g/mol. The van der Waals surface area contributed by atoms with Crippen LogP contribution in [0, 0.1) is 10.8 Å². The number of benzene rings is 2. The van der Waals surface area contributed by atoms with Gasteiger partial charge in [-0.3, -0.25) is 24.3 Å². The number of carbonyl (C=O) groups is 4. The van der Waals surface area contributed by atoms with E-state index < -0.39 is 45.3 Å². The van der Waals surface area contributed by atoms with E-state index in [2.05, 4.69) is 10.6 Å². The summed E-state index contributed by atoms with van der Waals surface area (Å²) in [6.45, 7) is 6.90. The predicted molar refractivity (Wildman–Crippen MR) is 167 cm³/mol. The van der Waals surface area contributed by atoms with Gasteiger partial charge >= 0.3 is 11.9 Å². The number of nitrogens with one attached hydrogen (secondary N) is 3. The fourth-order valence-corrected chi connectivity index (χ4v) is 4.47. The molecule has 1 unspecified atom stereocenters. The number of amides is 2. The van der Waals surface area contributed by atoms with Crippen molar-refractivity contribution in [2.24, 2.45) is 11.1 Å². The fourth-order valence-electron chi connectivity index (χ4n) is 3.67. The normalized spacial score (nSPS) is 11.8. The third-order valence-corrected chi connectivity index (χ3v) is 6.84. The summed E-state index contributed by atoms with van der Waals surface area (Å²) in [5.74, 6) is -2.78. The Morgan fingerprint density at radius 1 is 1.00 bits per heavy atom. The van der Waals surface area contributed by atoms with Gasteiger partial charge in [-0.1, -0.05) is 26.8 Å². The third kappa shape index (κ3) is 10.9. The maximum Gasteiger partial charge on any atom is 0.336 e. The van der Waals surface area contributed by atoms with Crippen LogP contribution in [0.15, 0.2) is 53.9 Å². The van der Waals surface area contributed by atoms with Crippen molar-refractivity contribution in [1.82, 2.24) is 5.32 Å². The number of carbonyl (C=O) groups excluding carboxylic acids is 3. The van der Waals surface area contributed by atoms with Gasteiger partial charge in [0.05, 0.1) is 17.9 Å². The molecule has 0 spiro atoms. The van der Waals surface area contributed by atoms with Crippen LogP contribution >= 0.6 is 11.3 Å². The van der Waals surface area contributed by atoms with Crippen molar-refractivity contribution in [3.8, 4) is 11.1 Å². The lowest BCUT2D eigenvalue weighted by molar-refractivity contribution is -0.142. The summed E-state index contributed by atoms with van der Waals surface area (Å²) < 4.78 is 31.0. The smallest absolute Gasteiger partial charge is 0.336 e. The summed E-state index contributed by atoms with van der Waals surface area (Å²) >= 11 is 1.15. The Kier molecular flexibility index (Phi) is 11.9. The molecule has 0 radical (unpaired) electrons. The number of rotatable bonds is 9. The first-order chi connectivity index (χ1) is 20.3. The summed E-state index contributed by atoms with van der Waals surface area (Å²) in [6.07, 6.45) is 0.715. The zero-order chi connectivity index (χ0) is 33.4. The van der Waals surface area contributed by atoms with Gasteiger partial charge < -0.3 is 26.2 Å². The molecule has 1 heterocycles. The largest absolute Gasteiger partial charge is 0.478 e. The maximum atomic E-state index is 13.1. The highest BCUT2D eigenvalue weighted by Gasteiger charge is 2.28. The number of hydrogen-bond donors (Lipinski definition) is 6. The Bertz CT molecular complexity index is 1650. The van der Waals surface area contributed by atoms with E-state index in [1.807, 2.05) is 20.8 Å². The number of carboxylic acid groups (broad SMARTS) is 1. The summed E-state index contributed by atoms with van der Waals surface area (Å²) in [4.78, 5) is 49.9. The Hall–Kier alpha value is -4.60. The van der Waals surface area contributed by atoms with Gasteiger partial charge in [-0.05, 0) is 58.8 Å². The number of aromatic carboxylic acids is 1. The predicted octanol–water partition coefficient (Wildman–Crippen LogP) is 3.86. The van der Waals surface area contributed by atoms with Crippen molar-refractivity contribution in [3.63, 3.8) is 0 Å². The highest BCUT2D eigenvalue weighted by molar-refractivity contribution is 7.85. The number of carboxylic acids is 1. The molecule has 44 heavy (non-hydrogen) atoms. The first kappa shape index (κ1) is 35.6. The molecule has 2 amide bonds. The molecule has 15 heteroatoms. The molecule has 2 aromatic carbocycles. The van der Waals surface area contributed by atoms with Crippen LogP contribution in [0.2, 0.25) is 0 Å². The summed E-state index contributed by atoms with van der Waals surface area (Å²) in [5.41, 5.74) is 6.68. The van der Waals surface area contributed by atoms with Crippen LogP contribution in [0.1, 0.15) is 63.6 Å². The first-order valence-electron chi connectivity index (χ1n) is 12.9. The van der Waals surface area contributed by atoms with Gasteiger partial charge in [0.25, 0.3) is 21.9 Å². The number of esters is 1. The number of thiophene rings is 1. The van der Waals surface area contributed by atoms with Crippen LogP contribution in [0.4, 0.5) is 5.69 Å². The average Bonchev–Trinajstić information content (AvgIpc) is 3.39. The molecule has 0 aliphatic rings. The second kappa shape index (κ2) is 14.7. The van der Waals surface area contributed by atoms with Crippen LogP contribution in [-0.2, 0) is 19.6 Å². The Labute approximate surface area is 258 Å². The molecule has 236 valence electrons. The molecule has 3 rings (SSSR count). The Morgan fingerprint density at radius 3 is 2.07 bits per heavy atom. The lowest BCUT2D eigenvalue weighted by atomic mass is 9.87. The van der Waals surface area contributed by atoms with E-state index in [0.717, 1.165) is 11.3 Å². The molecule has 0 saturated carbocycles. The second-order valence-corrected chi connectivity index (χ2v) is 13.0. The quantitative estimate of drug-likeness (QED) is 0.0851. The minimum Gasteiger partial charge on any atom is -0.478 e. The first-order valence-corrected chi connectivity index (χ1v) is 15.6. The Balaban J connectivity index is 0.00000125. The van der Waals surface area contributed by atoms with E-state index in [9.17, 15) is 32.7 Å². The van der Waals surface area contributed by atoms with Crippen molar-refractivity contribution in [1.29, 1.82) is 5.41 Å². The van der Waals surface area contributed by atoms with Gasteiger partial charge in [-0.2, -0.15) is 8.42 Å². The maximum absolute atomic E-state index is 13.1. The second-order valence-electron chi connectivity index (χ2n) is 10.6. The SMILES string of the molecule is CC(=O)OCC(NC(=O)c1ccc(-c2ccsc2C(=O)Nc2ccc(C(=N)N)cc2)c(C(=O)O)c1)C(C)(C)C.CS(=O)(=O)O. The minimum absolute atomic E-state index is 0.0285. The number of nitrogens with two attached hydrogens (primary N) is 1. The van der Waals surface area contributed by atoms with Crippen molar-refractivity contribution >= 4 is 56.7 Å². The molecule has 1 aromatic heterocycles. The zero-order valence-electron chi connectivity index (χ0n) is 24.6. The van der Waals surface area contributed by atoms with E-state index in [4.69, 9.17) is 20.4 Å². The topological polar surface area (TPSA) is 226 Å². The summed E-state index contributed by atoms with van der Waals surface area (Å²) in [6, 6.07) is 11.8. The standard InChI is InChI=1S/C28H30N4O6S.CH4O3S/c1-15(33)38-14-22(28(2,3)4)32-25(34)17-7-10-19(21(13-17)27(36)37)20-11-12-39-23(20)26(35)31-18-8-5-16(6-9-18)24(29)30;1-5(2,3)4/h5-13,22H,14H2,1-4H3,(H3,29,30)(H,31,35)(H,32,34)(H,36,37);1H3,(H,2,3,4). The number of hydrogen-bond acceptors (Lipinski definition) is 9. The number of ether oxygens (including phenoxy) is 1. The Morgan fingerprint density at radius 2 is 1.57 bits per heavy atom. The summed E-state index contributed by atoms with van der Waals surface area (Å²) in [5, 5.41) is 24.7. The van der Waals surface area contributed by atoms with E-state index in [1.54, 1.807) is 35.7 Å². The molecular formula is C29H34N4O9S2. The van der Waals surface area contributed by atoms with Crippen molar-refractivity contribution in [3.05, 3.63) is 75.5 Å². The minimum atomic E-state index is -3.67. The number of nitrogen functional groups attached to an aromatic ring is 1. The van der Waals surface area contributed by atoms with Crippen LogP contribution in [0.25, 0.3) is 11.1 Å². The van der Waals surface area contributed by atoms with Gasteiger partial charge in [0.15, 0.2) is 0 Å².